The van der Waals surface area contributed by atoms with Gasteiger partial charge in [0.05, 0.1) is 24.0 Å². The highest BCUT2D eigenvalue weighted by Crippen LogP contribution is 2.24. The van der Waals surface area contributed by atoms with Crippen molar-refractivity contribution < 1.29 is 9.53 Å². The highest BCUT2D eigenvalue weighted by atomic mass is 16.5. The fourth-order valence-corrected chi connectivity index (χ4v) is 3.02. The number of nitrogen functional groups attached to an aromatic ring is 1. The fourth-order valence-electron chi connectivity index (χ4n) is 3.02. The molecule has 4 rings (SSSR count). The van der Waals surface area contributed by atoms with E-state index in [-0.39, 0.29) is 24.4 Å². The zero-order valence-electron chi connectivity index (χ0n) is 16.4. The molecule has 6 N–H and O–H groups in total. The molecule has 1 aromatic heterocycles. The van der Waals surface area contributed by atoms with Crippen LogP contribution in [0.15, 0.2) is 54.7 Å². The number of amides is 1. The van der Waals surface area contributed by atoms with E-state index in [1.165, 1.54) is 0 Å². The van der Waals surface area contributed by atoms with Gasteiger partial charge < -0.3 is 26.1 Å². The van der Waals surface area contributed by atoms with Gasteiger partial charge >= 0.3 is 0 Å². The SMILES string of the molecule is N=C(N)c1ccc(NCc2ncc(-c3ccccc3)[nH]2)cc1OCC(=O)NC1CC1. The van der Waals surface area contributed by atoms with Crippen molar-refractivity contribution in [1.29, 1.82) is 5.41 Å². The van der Waals surface area contributed by atoms with E-state index < -0.39 is 0 Å². The number of ether oxygens (including phenoxy) is 1. The Kier molecular flexibility index (Phi) is 5.65. The van der Waals surface area contributed by atoms with Gasteiger partial charge in [0.1, 0.15) is 17.4 Å². The number of nitrogens with one attached hydrogen (secondary N) is 4. The van der Waals surface area contributed by atoms with Crippen molar-refractivity contribution in [3.8, 4) is 17.0 Å². The maximum Gasteiger partial charge on any atom is 0.258 e. The van der Waals surface area contributed by atoms with E-state index in [4.69, 9.17) is 15.9 Å². The van der Waals surface area contributed by atoms with Crippen molar-refractivity contribution in [2.75, 3.05) is 11.9 Å². The Morgan fingerprint density at radius 3 is 2.77 bits per heavy atom. The number of hydrogen-bond donors (Lipinski definition) is 5. The third kappa shape index (κ3) is 4.96. The van der Waals surface area contributed by atoms with E-state index in [1.807, 2.05) is 36.4 Å². The van der Waals surface area contributed by atoms with Gasteiger partial charge in [-0.1, -0.05) is 30.3 Å². The number of aromatic nitrogens is 2. The number of nitrogens with zero attached hydrogens (tertiary/aromatic N) is 1. The molecule has 1 fully saturated rings. The summed E-state index contributed by atoms with van der Waals surface area (Å²) in [5.41, 5.74) is 8.89. The summed E-state index contributed by atoms with van der Waals surface area (Å²) < 4.78 is 5.65. The van der Waals surface area contributed by atoms with Crippen molar-refractivity contribution in [3.63, 3.8) is 0 Å². The quantitative estimate of drug-likeness (QED) is 0.277. The number of imidazole rings is 1. The Labute approximate surface area is 174 Å². The molecule has 0 radical (unpaired) electrons. The molecule has 1 amide bonds. The number of rotatable bonds is 9. The first kappa shape index (κ1) is 19.5. The zero-order chi connectivity index (χ0) is 20.9. The molecule has 2 aromatic carbocycles. The maximum absolute atomic E-state index is 11.9. The molecule has 0 bridgehead atoms. The molecule has 3 aromatic rings. The lowest BCUT2D eigenvalue weighted by atomic mass is 10.1. The highest BCUT2D eigenvalue weighted by Gasteiger charge is 2.23. The minimum absolute atomic E-state index is 0.112. The zero-order valence-corrected chi connectivity index (χ0v) is 16.4. The summed E-state index contributed by atoms with van der Waals surface area (Å²) in [6.07, 6.45) is 3.84. The van der Waals surface area contributed by atoms with Crippen LogP contribution in [0.25, 0.3) is 11.3 Å². The van der Waals surface area contributed by atoms with E-state index in [0.717, 1.165) is 35.6 Å². The van der Waals surface area contributed by atoms with Gasteiger partial charge in [0, 0.05) is 17.8 Å². The lowest BCUT2D eigenvalue weighted by molar-refractivity contribution is -0.123. The second-order valence-corrected chi connectivity index (χ2v) is 7.22. The molecule has 0 spiro atoms. The topological polar surface area (TPSA) is 129 Å². The summed E-state index contributed by atoms with van der Waals surface area (Å²) in [5.74, 6) is 0.894. The fraction of sp³-hybridized carbons (Fsp3) is 0.227. The monoisotopic (exact) mass is 404 g/mol. The molecule has 30 heavy (non-hydrogen) atoms. The van der Waals surface area contributed by atoms with Crippen molar-refractivity contribution in [2.45, 2.75) is 25.4 Å². The number of anilines is 1. The van der Waals surface area contributed by atoms with E-state index in [1.54, 1.807) is 18.3 Å². The van der Waals surface area contributed by atoms with Crippen molar-refractivity contribution >= 4 is 17.4 Å². The van der Waals surface area contributed by atoms with Crippen LogP contribution in [-0.2, 0) is 11.3 Å². The van der Waals surface area contributed by atoms with Gasteiger partial charge in [0.25, 0.3) is 5.91 Å². The van der Waals surface area contributed by atoms with Crippen molar-refractivity contribution in [3.05, 3.63) is 66.1 Å². The second-order valence-electron chi connectivity index (χ2n) is 7.22. The van der Waals surface area contributed by atoms with Gasteiger partial charge in [-0.05, 0) is 30.5 Å². The molecule has 1 aliphatic carbocycles. The number of amidine groups is 1. The van der Waals surface area contributed by atoms with Crippen LogP contribution in [0.3, 0.4) is 0 Å². The molecular weight excluding hydrogens is 380 g/mol. The normalized spacial score (nSPS) is 12.9. The molecule has 8 nitrogen and oxygen atoms in total. The van der Waals surface area contributed by atoms with E-state index in [2.05, 4.69) is 20.6 Å². The predicted octanol–water partition coefficient (Wildman–Crippen LogP) is 2.63. The van der Waals surface area contributed by atoms with Crippen LogP contribution >= 0.6 is 0 Å². The van der Waals surface area contributed by atoms with E-state index in [9.17, 15) is 4.79 Å². The Bertz CT molecular complexity index is 1040. The molecule has 154 valence electrons. The molecule has 0 unspecified atom stereocenters. The molecule has 0 aliphatic heterocycles. The number of hydrogen-bond acceptors (Lipinski definition) is 5. The van der Waals surface area contributed by atoms with Gasteiger partial charge in [-0.25, -0.2) is 4.98 Å². The van der Waals surface area contributed by atoms with Crippen LogP contribution < -0.4 is 21.1 Å². The number of aromatic amines is 1. The predicted molar refractivity (Wildman–Crippen MR) is 115 cm³/mol. The summed E-state index contributed by atoms with van der Waals surface area (Å²) >= 11 is 0. The lowest BCUT2D eigenvalue weighted by Gasteiger charge is -2.13. The Morgan fingerprint density at radius 1 is 1.23 bits per heavy atom. The summed E-state index contributed by atoms with van der Waals surface area (Å²) in [6.45, 7) is 0.368. The third-order valence-electron chi connectivity index (χ3n) is 4.75. The molecule has 1 saturated carbocycles. The first-order valence-corrected chi connectivity index (χ1v) is 9.82. The van der Waals surface area contributed by atoms with E-state index in [0.29, 0.717) is 17.9 Å². The van der Waals surface area contributed by atoms with Gasteiger partial charge in [-0.15, -0.1) is 0 Å². The number of benzene rings is 2. The summed E-state index contributed by atoms with van der Waals surface area (Å²) in [6, 6.07) is 15.5. The van der Waals surface area contributed by atoms with Gasteiger partial charge in [0.15, 0.2) is 6.61 Å². The van der Waals surface area contributed by atoms with E-state index >= 15 is 0 Å². The molecular formula is C22H24N6O2. The number of carbonyl (C=O) groups is 1. The average molecular weight is 404 g/mol. The number of nitrogens with two attached hydrogens (primary N) is 1. The first-order valence-electron chi connectivity index (χ1n) is 9.82. The van der Waals surface area contributed by atoms with Gasteiger partial charge in [-0.3, -0.25) is 10.2 Å². The first-order chi connectivity index (χ1) is 14.6. The van der Waals surface area contributed by atoms with Gasteiger partial charge in [-0.2, -0.15) is 0 Å². The number of carbonyl (C=O) groups excluding carboxylic acids is 1. The highest BCUT2D eigenvalue weighted by molar-refractivity contribution is 5.98. The molecule has 8 heteroatoms. The molecule has 1 aliphatic rings. The standard InChI is InChI=1S/C22H24N6O2/c23-22(24)17-9-8-16(10-19(17)30-13-21(29)27-15-6-7-15)25-12-20-26-11-18(28-20)14-4-2-1-3-5-14/h1-5,8-11,15,25H,6-7,12-13H2,(H3,23,24)(H,26,28)(H,27,29). The van der Waals surface area contributed by atoms with Crippen LogP contribution in [0.5, 0.6) is 5.75 Å². The van der Waals surface area contributed by atoms with Crippen molar-refractivity contribution in [2.24, 2.45) is 5.73 Å². The smallest absolute Gasteiger partial charge is 0.258 e. The molecule has 1 heterocycles. The Hall–Kier alpha value is -3.81. The van der Waals surface area contributed by atoms with Gasteiger partial charge in [0.2, 0.25) is 0 Å². The summed E-state index contributed by atoms with van der Waals surface area (Å²) in [7, 11) is 0. The lowest BCUT2D eigenvalue weighted by Crippen LogP contribution is -2.30. The van der Waals surface area contributed by atoms with Crippen LogP contribution in [0.2, 0.25) is 0 Å². The molecule has 0 atom stereocenters. The van der Waals surface area contributed by atoms with Crippen molar-refractivity contribution in [1.82, 2.24) is 15.3 Å². The minimum atomic E-state index is -0.172. The largest absolute Gasteiger partial charge is 0.483 e. The Morgan fingerprint density at radius 2 is 2.03 bits per heavy atom. The van der Waals surface area contributed by atoms with Crippen LogP contribution in [0.4, 0.5) is 5.69 Å². The van der Waals surface area contributed by atoms with Crippen LogP contribution in [-0.4, -0.2) is 34.4 Å². The Balaban J connectivity index is 1.40. The molecule has 0 saturated heterocycles. The number of H-pyrrole nitrogens is 1. The summed E-state index contributed by atoms with van der Waals surface area (Å²) in [4.78, 5) is 19.6. The van der Waals surface area contributed by atoms with Crippen LogP contribution in [0.1, 0.15) is 24.2 Å². The second kappa shape index (κ2) is 8.69. The average Bonchev–Trinajstić information content (AvgIpc) is 3.44. The van der Waals surface area contributed by atoms with Crippen LogP contribution in [0, 0.1) is 5.41 Å². The summed E-state index contributed by atoms with van der Waals surface area (Å²) in [5, 5.41) is 13.9. The maximum atomic E-state index is 11.9. The third-order valence-corrected chi connectivity index (χ3v) is 4.75. The minimum Gasteiger partial charge on any atom is -0.483 e.